The van der Waals surface area contributed by atoms with E-state index in [0.29, 0.717) is 11.8 Å². The van der Waals surface area contributed by atoms with Gasteiger partial charge in [0.15, 0.2) is 0 Å². The van der Waals surface area contributed by atoms with Crippen LogP contribution in [0.25, 0.3) is 10.9 Å². The minimum absolute atomic E-state index is 0.488. The van der Waals surface area contributed by atoms with E-state index in [1.165, 1.54) is 29.1 Å². The summed E-state index contributed by atoms with van der Waals surface area (Å²) in [7, 11) is 1.97. The van der Waals surface area contributed by atoms with E-state index >= 15 is 0 Å². The first-order chi connectivity index (χ1) is 12.6. The van der Waals surface area contributed by atoms with Crippen molar-refractivity contribution >= 4 is 17.1 Å². The number of nitrogens with zero attached hydrogens (tertiary/aromatic N) is 4. The zero-order chi connectivity index (χ0) is 18.1. The van der Waals surface area contributed by atoms with Gasteiger partial charge in [0.2, 0.25) is 0 Å². The van der Waals surface area contributed by atoms with Gasteiger partial charge in [-0.2, -0.15) is 5.10 Å². The van der Waals surface area contributed by atoms with Gasteiger partial charge in [0, 0.05) is 61.8 Å². The van der Waals surface area contributed by atoms with Gasteiger partial charge in [-0.05, 0) is 29.9 Å². The average molecular weight is 347 g/mol. The van der Waals surface area contributed by atoms with E-state index in [2.05, 4.69) is 40.2 Å². The molecule has 1 aliphatic heterocycles. The predicted octanol–water partition coefficient (Wildman–Crippen LogP) is 3.59. The van der Waals surface area contributed by atoms with Crippen molar-refractivity contribution in [3.63, 3.8) is 0 Å². The Bertz CT molecular complexity index is 929. The van der Waals surface area contributed by atoms with E-state index in [0.717, 1.165) is 30.7 Å². The number of piperidine rings is 1. The summed E-state index contributed by atoms with van der Waals surface area (Å²) < 4.78 is 1.87. The molecule has 134 valence electrons. The number of rotatable bonds is 4. The summed E-state index contributed by atoms with van der Waals surface area (Å²) in [6.07, 6.45) is 8.48. The second-order valence-corrected chi connectivity index (χ2v) is 7.54. The first-order valence-corrected chi connectivity index (χ1v) is 9.22. The predicted molar refractivity (Wildman–Crippen MR) is 105 cm³/mol. The molecule has 3 aromatic rings. The Morgan fingerprint density at radius 2 is 2.15 bits per heavy atom. The fourth-order valence-electron chi connectivity index (χ4n) is 4.32. The fourth-order valence-corrected chi connectivity index (χ4v) is 4.32. The average Bonchev–Trinajstić information content (AvgIpc) is 3.05. The SMILES string of the molecule is C[C@@H]1C[C@H](c2ccc(C=N)c3ncccc23)CN(Cc2cnn(C)c2)C1. The molecule has 2 atom stereocenters. The molecule has 1 aromatic carbocycles. The molecule has 0 radical (unpaired) electrons. The summed E-state index contributed by atoms with van der Waals surface area (Å²) in [6, 6.07) is 8.40. The summed E-state index contributed by atoms with van der Waals surface area (Å²) in [6.45, 7) is 5.46. The number of pyridine rings is 1. The van der Waals surface area contributed by atoms with Gasteiger partial charge in [-0.25, -0.2) is 0 Å². The largest absolute Gasteiger partial charge is 0.308 e. The van der Waals surface area contributed by atoms with Crippen LogP contribution < -0.4 is 0 Å². The Morgan fingerprint density at radius 3 is 2.92 bits per heavy atom. The maximum Gasteiger partial charge on any atom is 0.0792 e. The van der Waals surface area contributed by atoms with Crippen LogP contribution >= 0.6 is 0 Å². The molecule has 4 rings (SSSR count). The highest BCUT2D eigenvalue weighted by Crippen LogP contribution is 2.35. The third-order valence-electron chi connectivity index (χ3n) is 5.33. The van der Waals surface area contributed by atoms with Gasteiger partial charge in [0.05, 0.1) is 11.7 Å². The molecule has 1 aliphatic rings. The van der Waals surface area contributed by atoms with Gasteiger partial charge in [0.25, 0.3) is 0 Å². The van der Waals surface area contributed by atoms with Crippen molar-refractivity contribution in [1.29, 1.82) is 5.41 Å². The second kappa shape index (κ2) is 7.00. The first-order valence-electron chi connectivity index (χ1n) is 9.22. The third-order valence-corrected chi connectivity index (χ3v) is 5.33. The number of hydrogen-bond acceptors (Lipinski definition) is 4. The van der Waals surface area contributed by atoms with E-state index in [1.807, 2.05) is 36.3 Å². The van der Waals surface area contributed by atoms with Crippen LogP contribution in [0, 0.1) is 11.3 Å². The zero-order valence-electron chi connectivity index (χ0n) is 15.4. The monoisotopic (exact) mass is 347 g/mol. The standard InChI is InChI=1S/C21H25N5/c1-15-8-18(14-26(11-15)13-16-10-24-25(2)12-16)19-6-5-17(9-22)21-20(19)4-3-7-23-21/h3-7,9-10,12,15,18,22H,8,11,13-14H2,1-2H3/t15-,18+/m1/s1. The Labute approximate surface area is 154 Å². The highest BCUT2D eigenvalue weighted by Gasteiger charge is 2.27. The molecule has 0 saturated carbocycles. The smallest absolute Gasteiger partial charge is 0.0792 e. The second-order valence-electron chi connectivity index (χ2n) is 7.54. The molecular weight excluding hydrogens is 322 g/mol. The zero-order valence-corrected chi connectivity index (χ0v) is 15.4. The molecule has 0 aliphatic carbocycles. The van der Waals surface area contributed by atoms with Gasteiger partial charge >= 0.3 is 0 Å². The number of benzene rings is 1. The van der Waals surface area contributed by atoms with Gasteiger partial charge in [-0.15, -0.1) is 0 Å². The van der Waals surface area contributed by atoms with Crippen LogP contribution in [0.15, 0.2) is 42.9 Å². The van der Waals surface area contributed by atoms with E-state index in [1.54, 1.807) is 0 Å². The molecule has 1 saturated heterocycles. The molecule has 1 N–H and O–H groups in total. The van der Waals surface area contributed by atoms with Crippen LogP contribution in [0.1, 0.15) is 36.0 Å². The lowest BCUT2D eigenvalue weighted by atomic mass is 9.83. The summed E-state index contributed by atoms with van der Waals surface area (Å²) >= 11 is 0. The van der Waals surface area contributed by atoms with Crippen LogP contribution in [0.3, 0.4) is 0 Å². The lowest BCUT2D eigenvalue weighted by Crippen LogP contribution is -2.38. The van der Waals surface area contributed by atoms with Crippen LogP contribution in [-0.2, 0) is 13.6 Å². The van der Waals surface area contributed by atoms with Crippen molar-refractivity contribution in [1.82, 2.24) is 19.7 Å². The molecule has 0 amide bonds. The highest BCUT2D eigenvalue weighted by atomic mass is 15.2. The number of hydrogen-bond donors (Lipinski definition) is 1. The van der Waals surface area contributed by atoms with Gasteiger partial charge in [-0.3, -0.25) is 14.6 Å². The molecule has 1 fully saturated rings. The van der Waals surface area contributed by atoms with E-state index < -0.39 is 0 Å². The first kappa shape index (κ1) is 16.9. The molecule has 5 nitrogen and oxygen atoms in total. The lowest BCUT2D eigenvalue weighted by Gasteiger charge is -2.37. The third kappa shape index (κ3) is 3.27. The molecule has 3 heterocycles. The summed E-state index contributed by atoms with van der Waals surface area (Å²) in [5.41, 5.74) is 4.46. The van der Waals surface area contributed by atoms with Crippen molar-refractivity contribution in [3.05, 3.63) is 59.5 Å². The summed E-state index contributed by atoms with van der Waals surface area (Å²) in [5.74, 6) is 1.14. The fraction of sp³-hybridized carbons (Fsp3) is 0.381. The maximum absolute atomic E-state index is 7.65. The summed E-state index contributed by atoms with van der Waals surface area (Å²) in [5, 5.41) is 13.1. The molecule has 0 spiro atoms. The van der Waals surface area contributed by atoms with E-state index in [9.17, 15) is 0 Å². The Hall–Kier alpha value is -2.53. The number of fused-ring (bicyclic) bond motifs is 1. The Morgan fingerprint density at radius 1 is 1.27 bits per heavy atom. The van der Waals surface area contributed by atoms with Gasteiger partial charge in [0.1, 0.15) is 0 Å². The molecule has 2 aromatic heterocycles. The van der Waals surface area contributed by atoms with Crippen LogP contribution in [0.2, 0.25) is 0 Å². The highest BCUT2D eigenvalue weighted by molar-refractivity contribution is 5.98. The minimum atomic E-state index is 0.488. The number of nitrogens with one attached hydrogen (secondary N) is 1. The normalized spacial score (nSPS) is 21.2. The molecular formula is C21H25N5. The Balaban J connectivity index is 1.64. The molecule has 0 unspecified atom stereocenters. The van der Waals surface area contributed by atoms with Gasteiger partial charge in [-0.1, -0.05) is 25.1 Å². The van der Waals surface area contributed by atoms with E-state index in [-0.39, 0.29) is 0 Å². The topological polar surface area (TPSA) is 57.8 Å². The van der Waals surface area contributed by atoms with Crippen molar-refractivity contribution in [2.24, 2.45) is 13.0 Å². The van der Waals surface area contributed by atoms with Crippen molar-refractivity contribution < 1.29 is 0 Å². The number of aromatic nitrogens is 3. The van der Waals surface area contributed by atoms with Crippen molar-refractivity contribution in [2.45, 2.75) is 25.8 Å². The number of aryl methyl sites for hydroxylation is 1. The van der Waals surface area contributed by atoms with E-state index in [4.69, 9.17) is 5.41 Å². The number of likely N-dealkylation sites (tertiary alicyclic amines) is 1. The lowest BCUT2D eigenvalue weighted by molar-refractivity contribution is 0.157. The van der Waals surface area contributed by atoms with Crippen LogP contribution in [0.4, 0.5) is 0 Å². The molecule has 0 bridgehead atoms. The summed E-state index contributed by atoms with van der Waals surface area (Å²) in [4.78, 5) is 7.08. The van der Waals surface area contributed by atoms with Gasteiger partial charge < -0.3 is 5.41 Å². The maximum atomic E-state index is 7.65. The minimum Gasteiger partial charge on any atom is -0.308 e. The molecule has 5 heteroatoms. The van der Waals surface area contributed by atoms with Crippen molar-refractivity contribution in [2.75, 3.05) is 13.1 Å². The van der Waals surface area contributed by atoms with Crippen LogP contribution in [-0.4, -0.2) is 39.0 Å². The van der Waals surface area contributed by atoms with Crippen LogP contribution in [0.5, 0.6) is 0 Å². The Kier molecular flexibility index (Phi) is 4.55. The van der Waals surface area contributed by atoms with Crippen molar-refractivity contribution in [3.8, 4) is 0 Å². The molecule has 26 heavy (non-hydrogen) atoms. The quantitative estimate of drug-likeness (QED) is 0.734.